The highest BCUT2D eigenvalue weighted by Gasteiger charge is 2.49. The zero-order valence-corrected chi connectivity index (χ0v) is 6.54. The van der Waals surface area contributed by atoms with E-state index in [9.17, 15) is 4.79 Å². The van der Waals surface area contributed by atoms with E-state index in [4.69, 9.17) is 10.8 Å². The van der Waals surface area contributed by atoms with E-state index in [1.54, 1.807) is 0 Å². The first-order chi connectivity index (χ1) is 5.14. The van der Waals surface area contributed by atoms with Gasteiger partial charge in [-0.25, -0.2) is 0 Å². The van der Waals surface area contributed by atoms with Gasteiger partial charge in [-0.05, 0) is 12.8 Å². The highest BCUT2D eigenvalue weighted by atomic mass is 16.5. The van der Waals surface area contributed by atoms with E-state index < -0.39 is 5.41 Å². The normalized spacial score (nSPS) is 36.1. The second kappa shape index (κ2) is 2.79. The van der Waals surface area contributed by atoms with Crippen LogP contribution in [-0.2, 0) is 9.53 Å². The van der Waals surface area contributed by atoms with Crippen LogP contribution in [-0.4, -0.2) is 30.8 Å². The maximum absolute atomic E-state index is 11.1. The average molecular weight is 159 g/mol. The zero-order chi connectivity index (χ0) is 8.48. The topological polar surface area (TPSA) is 72.5 Å². The molecular weight excluding hydrogens is 146 g/mol. The van der Waals surface area contributed by atoms with Crippen molar-refractivity contribution >= 4 is 5.97 Å². The number of esters is 1. The Morgan fingerprint density at radius 3 is 2.64 bits per heavy atom. The summed E-state index contributed by atoms with van der Waals surface area (Å²) in [5.41, 5.74) is 4.81. The first kappa shape index (κ1) is 8.49. The van der Waals surface area contributed by atoms with Crippen LogP contribution in [0.15, 0.2) is 0 Å². The van der Waals surface area contributed by atoms with Crippen LogP contribution >= 0.6 is 0 Å². The van der Waals surface area contributed by atoms with Gasteiger partial charge < -0.3 is 15.6 Å². The molecule has 0 aromatic heterocycles. The fourth-order valence-corrected chi connectivity index (χ4v) is 1.48. The lowest BCUT2D eigenvalue weighted by Gasteiger charge is -2.41. The van der Waals surface area contributed by atoms with Gasteiger partial charge in [0.1, 0.15) is 0 Å². The monoisotopic (exact) mass is 159 g/mol. The summed E-state index contributed by atoms with van der Waals surface area (Å²) in [5, 5.41) is 9.00. The zero-order valence-electron chi connectivity index (χ0n) is 6.54. The smallest absolute Gasteiger partial charge is 0.313 e. The maximum atomic E-state index is 11.1. The molecular formula is C7H13NO3. The molecule has 64 valence electrons. The van der Waals surface area contributed by atoms with Crippen LogP contribution in [0.2, 0.25) is 0 Å². The van der Waals surface area contributed by atoms with Crippen molar-refractivity contribution in [2.75, 3.05) is 13.7 Å². The molecule has 0 atom stereocenters. The molecule has 0 aromatic rings. The molecule has 1 fully saturated rings. The summed E-state index contributed by atoms with van der Waals surface area (Å²) in [6, 6.07) is 0. The number of carbonyl (C=O) groups excluding carboxylic acids is 1. The second-order valence-corrected chi connectivity index (χ2v) is 3.04. The van der Waals surface area contributed by atoms with Gasteiger partial charge in [-0.15, -0.1) is 0 Å². The average Bonchev–Trinajstić information content (AvgIpc) is 1.96. The van der Waals surface area contributed by atoms with Crippen molar-refractivity contribution in [3.8, 4) is 0 Å². The molecule has 0 spiro atoms. The van der Waals surface area contributed by atoms with Gasteiger partial charge in [0.05, 0.1) is 18.6 Å². The summed E-state index contributed by atoms with van der Waals surface area (Å²) < 4.78 is 4.57. The van der Waals surface area contributed by atoms with Crippen molar-refractivity contribution in [1.29, 1.82) is 0 Å². The molecule has 0 unspecified atom stereocenters. The minimum Gasteiger partial charge on any atom is -0.469 e. The Morgan fingerprint density at radius 1 is 1.82 bits per heavy atom. The third kappa shape index (κ3) is 1.23. The minimum absolute atomic E-state index is 0.261. The number of aliphatic hydroxyl groups is 1. The van der Waals surface area contributed by atoms with E-state index in [1.165, 1.54) is 7.11 Å². The Labute approximate surface area is 65.3 Å². The SMILES string of the molecule is COC(=O)C1(CN)CC(O)C1. The maximum Gasteiger partial charge on any atom is 0.313 e. The van der Waals surface area contributed by atoms with E-state index in [0.717, 1.165) is 0 Å². The van der Waals surface area contributed by atoms with Crippen LogP contribution < -0.4 is 5.73 Å². The van der Waals surface area contributed by atoms with E-state index in [2.05, 4.69) is 4.74 Å². The molecule has 1 saturated carbocycles. The van der Waals surface area contributed by atoms with Gasteiger partial charge in [0.2, 0.25) is 0 Å². The molecule has 1 rings (SSSR count). The lowest BCUT2D eigenvalue weighted by molar-refractivity contribution is -0.165. The molecule has 0 amide bonds. The molecule has 0 aliphatic heterocycles. The third-order valence-corrected chi connectivity index (χ3v) is 2.26. The van der Waals surface area contributed by atoms with E-state index in [-0.39, 0.29) is 18.6 Å². The van der Waals surface area contributed by atoms with Gasteiger partial charge in [-0.1, -0.05) is 0 Å². The van der Waals surface area contributed by atoms with Gasteiger partial charge in [-0.2, -0.15) is 0 Å². The Bertz CT molecular complexity index is 163. The van der Waals surface area contributed by atoms with Gasteiger partial charge in [0.15, 0.2) is 0 Å². The molecule has 0 aromatic carbocycles. The van der Waals surface area contributed by atoms with Crippen molar-refractivity contribution in [2.45, 2.75) is 18.9 Å². The molecule has 0 heterocycles. The summed E-state index contributed by atoms with van der Waals surface area (Å²) in [4.78, 5) is 11.1. The molecule has 0 bridgehead atoms. The quantitative estimate of drug-likeness (QED) is 0.520. The van der Waals surface area contributed by atoms with Crippen molar-refractivity contribution in [1.82, 2.24) is 0 Å². The Hall–Kier alpha value is -0.610. The molecule has 1 aliphatic carbocycles. The van der Waals surface area contributed by atoms with Crippen LogP contribution in [0.1, 0.15) is 12.8 Å². The van der Waals surface area contributed by atoms with Crippen molar-refractivity contribution < 1.29 is 14.6 Å². The van der Waals surface area contributed by atoms with E-state index >= 15 is 0 Å². The van der Waals surface area contributed by atoms with Crippen molar-refractivity contribution in [3.05, 3.63) is 0 Å². The molecule has 0 radical (unpaired) electrons. The molecule has 11 heavy (non-hydrogen) atoms. The Balaban J connectivity index is 2.57. The molecule has 1 aliphatic rings. The van der Waals surface area contributed by atoms with Crippen LogP contribution in [0.5, 0.6) is 0 Å². The van der Waals surface area contributed by atoms with E-state index in [1.807, 2.05) is 0 Å². The highest BCUT2D eigenvalue weighted by Crippen LogP contribution is 2.41. The number of hydrogen-bond acceptors (Lipinski definition) is 4. The van der Waals surface area contributed by atoms with Crippen LogP contribution in [0, 0.1) is 5.41 Å². The predicted molar refractivity (Wildman–Crippen MR) is 38.7 cm³/mol. The number of carbonyl (C=O) groups is 1. The molecule has 4 nitrogen and oxygen atoms in total. The number of hydrogen-bond donors (Lipinski definition) is 2. The first-order valence-electron chi connectivity index (χ1n) is 3.61. The number of methoxy groups -OCH3 is 1. The molecule has 3 N–H and O–H groups in total. The summed E-state index contributed by atoms with van der Waals surface area (Å²) >= 11 is 0. The fourth-order valence-electron chi connectivity index (χ4n) is 1.48. The van der Waals surface area contributed by atoms with Crippen molar-refractivity contribution in [3.63, 3.8) is 0 Å². The predicted octanol–water partition coefficient (Wildman–Crippen LogP) is -0.741. The van der Waals surface area contributed by atoms with Gasteiger partial charge in [0.25, 0.3) is 0 Å². The van der Waals surface area contributed by atoms with Gasteiger partial charge in [-0.3, -0.25) is 4.79 Å². The van der Waals surface area contributed by atoms with Crippen LogP contribution in [0.4, 0.5) is 0 Å². The summed E-state index contributed by atoms with van der Waals surface area (Å²) in [5.74, 6) is -0.301. The largest absolute Gasteiger partial charge is 0.469 e. The van der Waals surface area contributed by atoms with Crippen LogP contribution in [0.25, 0.3) is 0 Å². The summed E-state index contributed by atoms with van der Waals surface area (Å²) in [6.45, 7) is 0.261. The van der Waals surface area contributed by atoms with Crippen LogP contribution in [0.3, 0.4) is 0 Å². The number of nitrogens with two attached hydrogens (primary N) is 1. The third-order valence-electron chi connectivity index (χ3n) is 2.26. The number of ether oxygens (including phenoxy) is 1. The lowest BCUT2D eigenvalue weighted by atomic mass is 9.67. The van der Waals surface area contributed by atoms with Crippen molar-refractivity contribution in [2.24, 2.45) is 11.1 Å². The standard InChI is InChI=1S/C7H13NO3/c1-11-6(10)7(4-8)2-5(9)3-7/h5,9H,2-4,8H2,1H3. The van der Waals surface area contributed by atoms with E-state index in [0.29, 0.717) is 12.8 Å². The number of aliphatic hydroxyl groups excluding tert-OH is 1. The highest BCUT2D eigenvalue weighted by molar-refractivity contribution is 5.78. The Kier molecular flexibility index (Phi) is 2.15. The minimum atomic E-state index is -0.589. The Morgan fingerprint density at radius 2 is 2.36 bits per heavy atom. The van der Waals surface area contributed by atoms with Gasteiger partial charge >= 0.3 is 5.97 Å². The summed E-state index contributed by atoms with van der Waals surface area (Å²) in [7, 11) is 1.34. The lowest BCUT2D eigenvalue weighted by Crippen LogP contribution is -2.52. The second-order valence-electron chi connectivity index (χ2n) is 3.04. The first-order valence-corrected chi connectivity index (χ1v) is 3.61. The summed E-state index contributed by atoms with van der Waals surface area (Å²) in [6.07, 6.45) is 0.504. The molecule has 0 saturated heterocycles. The molecule has 4 heteroatoms. The fraction of sp³-hybridized carbons (Fsp3) is 0.857. The van der Waals surface area contributed by atoms with Gasteiger partial charge in [0, 0.05) is 6.54 Å². The number of rotatable bonds is 2.